The molecule has 0 saturated heterocycles. The summed E-state index contributed by atoms with van der Waals surface area (Å²) in [6, 6.07) is 0. The Balaban J connectivity index is 2.38. The highest BCUT2D eigenvalue weighted by atomic mass is 14.8. The fraction of sp³-hybridized carbons (Fsp3) is 0.143. The summed E-state index contributed by atoms with van der Waals surface area (Å²) < 4.78 is 0. The lowest BCUT2D eigenvalue weighted by molar-refractivity contribution is 1.02. The summed E-state index contributed by atoms with van der Waals surface area (Å²) in [7, 11) is 0. The van der Waals surface area contributed by atoms with Crippen LogP contribution in [0.15, 0.2) is 73.2 Å². The van der Waals surface area contributed by atoms with Crippen molar-refractivity contribution in [2.24, 2.45) is 0 Å². The van der Waals surface area contributed by atoms with Crippen LogP contribution in [-0.4, -0.2) is 0 Å². The second-order valence-corrected chi connectivity index (χ2v) is 3.28. The first kappa shape index (κ1) is 11.3. The van der Waals surface area contributed by atoms with Crippen molar-refractivity contribution in [1.29, 1.82) is 0 Å². The van der Waals surface area contributed by atoms with Crippen molar-refractivity contribution in [3.8, 4) is 0 Å². The first-order valence-electron chi connectivity index (χ1n) is 5.11. The SMILES string of the molecule is C=CNC(=C)/C=C\C=C/C1=CCCC=C1. The van der Waals surface area contributed by atoms with Crippen molar-refractivity contribution < 1.29 is 0 Å². The number of rotatable bonds is 5. The van der Waals surface area contributed by atoms with Gasteiger partial charge in [0, 0.05) is 5.70 Å². The van der Waals surface area contributed by atoms with E-state index in [1.807, 2.05) is 18.2 Å². The fourth-order valence-corrected chi connectivity index (χ4v) is 1.27. The summed E-state index contributed by atoms with van der Waals surface area (Å²) in [5.41, 5.74) is 2.11. The van der Waals surface area contributed by atoms with Crippen LogP contribution in [-0.2, 0) is 0 Å². The van der Waals surface area contributed by atoms with Crippen LogP contribution in [0.5, 0.6) is 0 Å². The van der Waals surface area contributed by atoms with Gasteiger partial charge in [-0.2, -0.15) is 0 Å². The standard InChI is InChI=1S/C14H17N/c1-3-15-13(2)9-7-8-12-14-10-5-4-6-11-14/h3,5,7-12,15H,1-2,4,6H2/b9-7-,12-8-. The molecule has 1 rings (SSSR count). The minimum absolute atomic E-state index is 0.836. The van der Waals surface area contributed by atoms with E-state index in [0.29, 0.717) is 0 Å². The Labute approximate surface area is 91.9 Å². The fourth-order valence-electron chi connectivity index (χ4n) is 1.27. The molecule has 15 heavy (non-hydrogen) atoms. The second kappa shape index (κ2) is 6.66. The van der Waals surface area contributed by atoms with E-state index in [-0.39, 0.29) is 0 Å². The first-order chi connectivity index (χ1) is 7.33. The van der Waals surface area contributed by atoms with Crippen LogP contribution < -0.4 is 5.32 Å². The van der Waals surface area contributed by atoms with Gasteiger partial charge in [0.25, 0.3) is 0 Å². The van der Waals surface area contributed by atoms with E-state index in [4.69, 9.17) is 0 Å². The maximum Gasteiger partial charge on any atom is 0.0306 e. The Morgan fingerprint density at radius 1 is 1.33 bits per heavy atom. The third-order valence-corrected chi connectivity index (χ3v) is 2.01. The molecule has 1 nitrogen and oxygen atoms in total. The molecule has 1 N–H and O–H groups in total. The third-order valence-electron chi connectivity index (χ3n) is 2.01. The molecule has 0 unspecified atom stereocenters. The zero-order chi connectivity index (χ0) is 10.9. The van der Waals surface area contributed by atoms with Crippen LogP contribution in [0.25, 0.3) is 0 Å². The highest BCUT2D eigenvalue weighted by Crippen LogP contribution is 2.10. The first-order valence-corrected chi connectivity index (χ1v) is 5.11. The lowest BCUT2D eigenvalue weighted by atomic mass is 10.1. The van der Waals surface area contributed by atoms with Crippen LogP contribution in [0.1, 0.15) is 12.8 Å². The summed E-state index contributed by atoms with van der Waals surface area (Å²) in [6.07, 6.45) is 18.5. The summed E-state index contributed by atoms with van der Waals surface area (Å²) >= 11 is 0. The van der Waals surface area contributed by atoms with E-state index in [2.05, 4.69) is 42.8 Å². The molecule has 0 fully saturated rings. The molecule has 1 heteroatoms. The predicted molar refractivity (Wildman–Crippen MR) is 67.2 cm³/mol. The van der Waals surface area contributed by atoms with Gasteiger partial charge in [-0.15, -0.1) is 0 Å². The van der Waals surface area contributed by atoms with E-state index in [1.165, 1.54) is 5.57 Å². The Bertz CT molecular complexity index is 340. The molecule has 0 aromatic carbocycles. The van der Waals surface area contributed by atoms with Gasteiger partial charge < -0.3 is 5.32 Å². The number of nitrogens with one attached hydrogen (secondary N) is 1. The molecule has 0 aromatic heterocycles. The molecule has 0 amide bonds. The zero-order valence-corrected chi connectivity index (χ0v) is 8.95. The molecule has 1 aliphatic rings. The predicted octanol–water partition coefficient (Wildman–Crippen LogP) is 3.62. The quantitative estimate of drug-likeness (QED) is 0.667. The number of hydrogen-bond acceptors (Lipinski definition) is 1. The van der Waals surface area contributed by atoms with Gasteiger partial charge >= 0.3 is 0 Å². The van der Waals surface area contributed by atoms with Crippen LogP contribution >= 0.6 is 0 Å². The van der Waals surface area contributed by atoms with Crippen LogP contribution in [0.2, 0.25) is 0 Å². The Hall–Kier alpha value is -1.76. The monoisotopic (exact) mass is 199 g/mol. The summed E-state index contributed by atoms with van der Waals surface area (Å²) in [6.45, 7) is 7.36. The van der Waals surface area contributed by atoms with E-state index >= 15 is 0 Å². The van der Waals surface area contributed by atoms with Crippen molar-refractivity contribution in [2.45, 2.75) is 12.8 Å². The van der Waals surface area contributed by atoms with Crippen molar-refractivity contribution in [3.05, 3.63) is 73.2 Å². The third kappa shape index (κ3) is 4.87. The van der Waals surface area contributed by atoms with Gasteiger partial charge in [0.05, 0.1) is 0 Å². The number of hydrogen-bond donors (Lipinski definition) is 1. The van der Waals surface area contributed by atoms with Crippen molar-refractivity contribution in [2.75, 3.05) is 0 Å². The summed E-state index contributed by atoms with van der Waals surface area (Å²) in [5.74, 6) is 0. The molecule has 1 aliphatic carbocycles. The molecule has 0 bridgehead atoms. The molecule has 0 spiro atoms. The largest absolute Gasteiger partial charge is 0.363 e. The molecular formula is C14H17N. The highest BCUT2D eigenvalue weighted by molar-refractivity contribution is 5.34. The molecule has 0 saturated carbocycles. The topological polar surface area (TPSA) is 12.0 Å². The smallest absolute Gasteiger partial charge is 0.0306 e. The second-order valence-electron chi connectivity index (χ2n) is 3.28. The van der Waals surface area contributed by atoms with Gasteiger partial charge in [0.15, 0.2) is 0 Å². The van der Waals surface area contributed by atoms with Crippen LogP contribution in [0.3, 0.4) is 0 Å². The maximum absolute atomic E-state index is 3.80. The molecule has 0 atom stereocenters. The zero-order valence-electron chi connectivity index (χ0n) is 8.95. The van der Waals surface area contributed by atoms with Gasteiger partial charge in [-0.25, -0.2) is 0 Å². The number of allylic oxidation sites excluding steroid dienone is 8. The minimum atomic E-state index is 0.836. The highest BCUT2D eigenvalue weighted by Gasteiger charge is 1.90. The lowest BCUT2D eigenvalue weighted by Crippen LogP contribution is -1.98. The average molecular weight is 199 g/mol. The molecule has 0 radical (unpaired) electrons. The molecular weight excluding hydrogens is 182 g/mol. The molecule has 0 aromatic rings. The lowest BCUT2D eigenvalue weighted by Gasteiger charge is -1.99. The van der Waals surface area contributed by atoms with Crippen molar-refractivity contribution >= 4 is 0 Å². The van der Waals surface area contributed by atoms with Crippen LogP contribution in [0, 0.1) is 0 Å². The van der Waals surface area contributed by atoms with Crippen molar-refractivity contribution in [3.63, 3.8) is 0 Å². The van der Waals surface area contributed by atoms with E-state index < -0.39 is 0 Å². The van der Waals surface area contributed by atoms with E-state index in [1.54, 1.807) is 6.20 Å². The van der Waals surface area contributed by atoms with E-state index in [9.17, 15) is 0 Å². The minimum Gasteiger partial charge on any atom is -0.363 e. The molecule has 78 valence electrons. The van der Waals surface area contributed by atoms with Gasteiger partial charge in [0.2, 0.25) is 0 Å². The Morgan fingerprint density at radius 2 is 2.20 bits per heavy atom. The van der Waals surface area contributed by atoms with Crippen LogP contribution in [0.4, 0.5) is 0 Å². The van der Waals surface area contributed by atoms with E-state index in [0.717, 1.165) is 18.5 Å². The van der Waals surface area contributed by atoms with Gasteiger partial charge in [-0.3, -0.25) is 0 Å². The molecule has 0 aliphatic heterocycles. The van der Waals surface area contributed by atoms with Crippen molar-refractivity contribution in [1.82, 2.24) is 5.32 Å². The summed E-state index contributed by atoms with van der Waals surface area (Å²) in [5, 5.41) is 2.90. The molecule has 0 heterocycles. The maximum atomic E-state index is 3.80. The van der Waals surface area contributed by atoms with Gasteiger partial charge in [0.1, 0.15) is 0 Å². The van der Waals surface area contributed by atoms with Gasteiger partial charge in [-0.05, 0) is 30.7 Å². The average Bonchev–Trinajstić information content (AvgIpc) is 2.26. The Morgan fingerprint density at radius 3 is 2.87 bits per heavy atom. The normalized spacial score (nSPS) is 15.6. The Kier molecular flexibility index (Phi) is 5.02. The summed E-state index contributed by atoms with van der Waals surface area (Å²) in [4.78, 5) is 0. The van der Waals surface area contributed by atoms with Gasteiger partial charge in [-0.1, -0.05) is 49.6 Å².